The molecule has 2 aromatic carbocycles. The lowest BCUT2D eigenvalue weighted by Gasteiger charge is -2.22. The van der Waals surface area contributed by atoms with E-state index in [0.29, 0.717) is 17.1 Å². The van der Waals surface area contributed by atoms with Gasteiger partial charge in [-0.05, 0) is 48.6 Å². The second-order valence-corrected chi connectivity index (χ2v) is 7.88. The van der Waals surface area contributed by atoms with Crippen molar-refractivity contribution in [2.24, 2.45) is 0 Å². The van der Waals surface area contributed by atoms with Crippen molar-refractivity contribution in [3.63, 3.8) is 0 Å². The van der Waals surface area contributed by atoms with E-state index in [4.69, 9.17) is 11.6 Å². The fourth-order valence-corrected chi connectivity index (χ4v) is 4.52. The Kier molecular flexibility index (Phi) is 3.71. The van der Waals surface area contributed by atoms with E-state index in [2.05, 4.69) is 10.3 Å². The number of urea groups is 1. The molecule has 2 heterocycles. The first-order valence-corrected chi connectivity index (χ1v) is 9.64. The number of nitrogens with one attached hydrogen (secondary N) is 1. The van der Waals surface area contributed by atoms with Crippen molar-refractivity contribution in [2.75, 3.05) is 0 Å². The molecule has 0 bridgehead atoms. The Hall–Kier alpha value is -2.92. The molecule has 1 spiro atoms. The van der Waals surface area contributed by atoms with Crippen LogP contribution in [-0.2, 0) is 23.3 Å². The van der Waals surface area contributed by atoms with Crippen LogP contribution in [0, 0.1) is 6.92 Å². The summed E-state index contributed by atoms with van der Waals surface area (Å²) in [6, 6.07) is 15.2. The minimum atomic E-state index is -0.957. The fraction of sp³-hybridized carbons (Fsp3) is 0.227. The molecule has 5 nitrogen and oxygen atoms in total. The van der Waals surface area contributed by atoms with E-state index in [1.165, 1.54) is 4.90 Å². The van der Waals surface area contributed by atoms with E-state index < -0.39 is 5.54 Å². The van der Waals surface area contributed by atoms with Crippen LogP contribution in [0.4, 0.5) is 4.79 Å². The average molecular weight is 392 g/mol. The molecule has 28 heavy (non-hydrogen) atoms. The van der Waals surface area contributed by atoms with Crippen LogP contribution in [-0.4, -0.2) is 21.8 Å². The Morgan fingerprint density at radius 2 is 2.00 bits per heavy atom. The summed E-state index contributed by atoms with van der Waals surface area (Å²) < 4.78 is 0. The molecular formula is C22H18ClN3O2. The summed E-state index contributed by atoms with van der Waals surface area (Å²) in [6.07, 6.45) is 1.35. The van der Waals surface area contributed by atoms with E-state index in [0.717, 1.165) is 34.0 Å². The number of fused-ring (bicyclic) bond motifs is 3. The van der Waals surface area contributed by atoms with Crippen molar-refractivity contribution in [3.8, 4) is 0 Å². The summed E-state index contributed by atoms with van der Waals surface area (Å²) in [7, 11) is 0. The lowest BCUT2D eigenvalue weighted by Crippen LogP contribution is -2.41. The molecule has 140 valence electrons. The summed E-state index contributed by atoms with van der Waals surface area (Å²) >= 11 is 6.38. The first-order valence-electron chi connectivity index (χ1n) is 9.26. The molecule has 1 aliphatic heterocycles. The third-order valence-corrected chi connectivity index (χ3v) is 6.08. The number of imide groups is 1. The van der Waals surface area contributed by atoms with Gasteiger partial charge in [0.25, 0.3) is 5.91 Å². The number of halogens is 1. The predicted octanol–water partition coefficient (Wildman–Crippen LogP) is 4.09. The first kappa shape index (κ1) is 17.2. The van der Waals surface area contributed by atoms with Crippen LogP contribution in [0.25, 0.3) is 10.9 Å². The number of amides is 3. The van der Waals surface area contributed by atoms with E-state index in [9.17, 15) is 9.59 Å². The summed E-state index contributed by atoms with van der Waals surface area (Å²) in [4.78, 5) is 31.7. The Morgan fingerprint density at radius 1 is 1.18 bits per heavy atom. The highest BCUT2D eigenvalue weighted by Crippen LogP contribution is 2.41. The molecule has 1 saturated heterocycles. The van der Waals surface area contributed by atoms with Gasteiger partial charge in [-0.15, -0.1) is 0 Å². The summed E-state index contributed by atoms with van der Waals surface area (Å²) in [5, 5.41) is 4.18. The van der Waals surface area contributed by atoms with Crippen molar-refractivity contribution in [1.29, 1.82) is 0 Å². The van der Waals surface area contributed by atoms with E-state index in [1.54, 1.807) is 0 Å². The molecular weight excluding hydrogens is 374 g/mol. The van der Waals surface area contributed by atoms with Crippen LogP contribution in [0.15, 0.2) is 48.5 Å². The molecule has 0 unspecified atom stereocenters. The maximum Gasteiger partial charge on any atom is 0.325 e. The highest BCUT2D eigenvalue weighted by molar-refractivity contribution is 6.30. The highest BCUT2D eigenvalue weighted by Gasteiger charge is 2.55. The van der Waals surface area contributed by atoms with Crippen LogP contribution in [0.3, 0.4) is 0 Å². The number of hydrogen-bond donors (Lipinski definition) is 1. The Balaban J connectivity index is 1.51. The second-order valence-electron chi connectivity index (χ2n) is 7.52. The molecule has 3 amide bonds. The van der Waals surface area contributed by atoms with Crippen LogP contribution in [0.5, 0.6) is 0 Å². The molecule has 0 radical (unpaired) electrons. The van der Waals surface area contributed by atoms with Crippen LogP contribution < -0.4 is 5.32 Å². The number of rotatable bonds is 2. The van der Waals surface area contributed by atoms with Crippen molar-refractivity contribution in [3.05, 3.63) is 75.9 Å². The monoisotopic (exact) mass is 391 g/mol. The largest absolute Gasteiger partial charge is 0.325 e. The smallest absolute Gasteiger partial charge is 0.319 e. The predicted molar refractivity (Wildman–Crippen MR) is 107 cm³/mol. The van der Waals surface area contributed by atoms with Crippen molar-refractivity contribution in [2.45, 2.75) is 31.8 Å². The Morgan fingerprint density at radius 3 is 2.86 bits per heavy atom. The summed E-state index contributed by atoms with van der Waals surface area (Å²) in [6.45, 7) is 2.10. The van der Waals surface area contributed by atoms with Gasteiger partial charge in [0.15, 0.2) is 0 Å². The van der Waals surface area contributed by atoms with Gasteiger partial charge < -0.3 is 5.32 Å². The second kappa shape index (κ2) is 6.04. The topological polar surface area (TPSA) is 62.3 Å². The van der Waals surface area contributed by atoms with Gasteiger partial charge in [-0.1, -0.05) is 48.0 Å². The third-order valence-electron chi connectivity index (χ3n) is 5.75. The zero-order valence-corrected chi connectivity index (χ0v) is 16.1. The highest BCUT2D eigenvalue weighted by atomic mass is 35.5. The van der Waals surface area contributed by atoms with Gasteiger partial charge in [0, 0.05) is 10.9 Å². The number of nitrogens with zero attached hydrogens (tertiary/aromatic N) is 2. The molecule has 2 aliphatic rings. The number of carbonyl (C=O) groups is 2. The van der Waals surface area contributed by atoms with Gasteiger partial charge in [-0.3, -0.25) is 9.69 Å². The molecule has 1 aliphatic carbocycles. The van der Waals surface area contributed by atoms with Crippen LogP contribution in [0.1, 0.15) is 28.7 Å². The van der Waals surface area contributed by atoms with Gasteiger partial charge in [-0.25, -0.2) is 9.78 Å². The molecule has 1 N–H and O–H groups in total. The number of carbonyl (C=O) groups excluding carboxylic acids is 2. The van der Waals surface area contributed by atoms with Crippen LogP contribution >= 0.6 is 11.6 Å². The Bertz CT molecular complexity index is 1160. The van der Waals surface area contributed by atoms with Gasteiger partial charge in [0.1, 0.15) is 10.7 Å². The number of aryl methyl sites for hydroxylation is 2. The minimum Gasteiger partial charge on any atom is -0.319 e. The number of pyridine rings is 1. The van der Waals surface area contributed by atoms with Crippen LogP contribution in [0.2, 0.25) is 5.15 Å². The fourth-order valence-electron chi connectivity index (χ4n) is 4.31. The molecule has 3 aromatic rings. The van der Waals surface area contributed by atoms with Gasteiger partial charge in [-0.2, -0.15) is 0 Å². The van der Waals surface area contributed by atoms with Gasteiger partial charge >= 0.3 is 6.03 Å². The standard InChI is InChI=1S/C22H18ClN3O2/c1-13-6-7-15-11-16(19(23)24-18(15)10-13)12-26-20(27)22(25-21(26)28)9-8-14-4-2-3-5-17(14)22/h2-7,10-11H,8-9,12H2,1H3,(H,25,28)/t22-/m0/s1. The van der Waals surface area contributed by atoms with Gasteiger partial charge in [0.05, 0.1) is 12.1 Å². The Labute approximate surface area is 167 Å². The zero-order valence-electron chi connectivity index (χ0n) is 15.3. The molecule has 1 aromatic heterocycles. The normalized spacial score (nSPS) is 20.9. The van der Waals surface area contributed by atoms with E-state index in [1.807, 2.05) is 55.5 Å². The first-order chi connectivity index (χ1) is 13.5. The molecule has 5 rings (SSSR count). The summed E-state index contributed by atoms with van der Waals surface area (Å²) in [5.74, 6) is -0.220. The maximum atomic E-state index is 13.3. The van der Waals surface area contributed by atoms with E-state index in [-0.39, 0.29) is 18.5 Å². The van der Waals surface area contributed by atoms with Gasteiger partial charge in [0.2, 0.25) is 0 Å². The molecule has 1 atom stereocenters. The van der Waals surface area contributed by atoms with Crippen molar-refractivity contribution in [1.82, 2.24) is 15.2 Å². The van der Waals surface area contributed by atoms with E-state index >= 15 is 0 Å². The lowest BCUT2D eigenvalue weighted by atomic mass is 9.92. The lowest BCUT2D eigenvalue weighted by molar-refractivity contribution is -0.132. The number of hydrogen-bond acceptors (Lipinski definition) is 3. The molecule has 0 saturated carbocycles. The number of aromatic nitrogens is 1. The molecule has 1 fully saturated rings. The third kappa shape index (κ3) is 2.43. The minimum absolute atomic E-state index is 0.101. The van der Waals surface area contributed by atoms with Crippen molar-refractivity contribution >= 4 is 34.4 Å². The molecule has 6 heteroatoms. The SMILES string of the molecule is Cc1ccc2cc(CN3C(=O)N[C@]4(CCc5ccccc54)C3=O)c(Cl)nc2c1. The van der Waals surface area contributed by atoms with Crippen molar-refractivity contribution < 1.29 is 9.59 Å². The average Bonchev–Trinajstić information content (AvgIpc) is 3.16. The quantitative estimate of drug-likeness (QED) is 0.528. The summed E-state index contributed by atoms with van der Waals surface area (Å²) in [5.41, 5.74) is 3.60. The zero-order chi connectivity index (χ0) is 19.5. The maximum absolute atomic E-state index is 13.3. The number of benzene rings is 2.